The molecule has 0 aliphatic rings. The van der Waals surface area contributed by atoms with E-state index in [1.165, 1.54) is 0 Å². The summed E-state index contributed by atoms with van der Waals surface area (Å²) in [5.41, 5.74) is 0. The fourth-order valence-corrected chi connectivity index (χ4v) is 2.54. The van der Waals surface area contributed by atoms with E-state index in [1.807, 2.05) is 0 Å². The molecule has 0 fully saturated rings. The molecule has 0 saturated heterocycles. The summed E-state index contributed by atoms with van der Waals surface area (Å²) < 4.78 is 0. The Morgan fingerprint density at radius 1 is 1.00 bits per heavy atom. The topological polar surface area (TPSA) is 62.1 Å². The maximum absolute atomic E-state index is 5.72. The van der Waals surface area contributed by atoms with Crippen molar-refractivity contribution in [1.82, 2.24) is 16.0 Å². The second-order valence-electron chi connectivity index (χ2n) is 3.03. The normalized spacial score (nSPS) is 12.9. The van der Waals surface area contributed by atoms with Crippen LogP contribution in [0.3, 0.4) is 0 Å². The van der Waals surface area contributed by atoms with Crippen molar-refractivity contribution in [2.24, 2.45) is 5.40 Å². The van der Waals surface area contributed by atoms with Gasteiger partial charge in [0.25, 0.3) is 0 Å². The summed E-state index contributed by atoms with van der Waals surface area (Å²) in [5.74, 6) is -0.112. The van der Waals surface area contributed by atoms with Crippen molar-refractivity contribution < 1.29 is 0 Å². The van der Waals surface area contributed by atoms with Gasteiger partial charge in [-0.05, 0) is 25.7 Å². The first kappa shape index (κ1) is 13.1. The third-order valence-electron chi connectivity index (χ3n) is 1.95. The minimum Gasteiger partial charge on any atom is -0.355 e. The maximum Gasteiger partial charge on any atom is 0.121 e. The maximum atomic E-state index is 5.72. The summed E-state index contributed by atoms with van der Waals surface area (Å²) >= 11 is 0. The Hall–Kier alpha value is 0.0569. The standard InChI is InChI=1S/C8H24N4Si/c1-4-10-8(7-13-9,11-5-2)12-6-3/h10-12H,4-7,9,13H2,1-3H3. The van der Waals surface area contributed by atoms with Crippen molar-refractivity contribution in [3.63, 3.8) is 0 Å². The molecule has 0 aromatic rings. The largest absolute Gasteiger partial charge is 0.355 e. The third kappa shape index (κ3) is 4.73. The van der Waals surface area contributed by atoms with Crippen LogP contribution in [0.5, 0.6) is 0 Å². The highest BCUT2D eigenvalue weighted by Gasteiger charge is 2.24. The molecule has 0 aliphatic heterocycles. The van der Waals surface area contributed by atoms with Gasteiger partial charge in [-0.15, -0.1) is 0 Å². The van der Waals surface area contributed by atoms with Gasteiger partial charge < -0.3 is 5.40 Å². The summed E-state index contributed by atoms with van der Waals surface area (Å²) in [6.45, 7) is 9.20. The zero-order valence-corrected chi connectivity index (χ0v) is 10.5. The second-order valence-corrected chi connectivity index (χ2v) is 4.11. The van der Waals surface area contributed by atoms with Gasteiger partial charge in [0.2, 0.25) is 0 Å². The summed E-state index contributed by atoms with van der Waals surface area (Å²) in [4.78, 5) is 0. The first-order valence-electron chi connectivity index (χ1n) is 5.19. The minimum absolute atomic E-state index is 0.112. The number of rotatable bonds is 8. The van der Waals surface area contributed by atoms with Crippen molar-refractivity contribution >= 4 is 9.68 Å². The Bertz CT molecular complexity index is 91.2. The monoisotopic (exact) mass is 204 g/mol. The van der Waals surface area contributed by atoms with Gasteiger partial charge in [-0.2, -0.15) is 0 Å². The van der Waals surface area contributed by atoms with E-state index < -0.39 is 9.68 Å². The second kappa shape index (κ2) is 7.46. The molecular formula is C8H24N4Si. The molecule has 0 saturated carbocycles. The van der Waals surface area contributed by atoms with Crippen molar-refractivity contribution in [3.05, 3.63) is 0 Å². The van der Waals surface area contributed by atoms with Crippen LogP contribution in [0.2, 0.25) is 6.04 Å². The van der Waals surface area contributed by atoms with Crippen LogP contribution in [-0.2, 0) is 0 Å². The Kier molecular flexibility index (Phi) is 7.49. The van der Waals surface area contributed by atoms with Gasteiger partial charge in [0, 0.05) is 0 Å². The Labute approximate surface area is 83.9 Å². The molecule has 5 heteroatoms. The molecule has 0 aliphatic carbocycles. The quantitative estimate of drug-likeness (QED) is 0.300. The molecule has 0 aromatic carbocycles. The molecule has 0 atom stereocenters. The van der Waals surface area contributed by atoms with E-state index in [9.17, 15) is 0 Å². The average molecular weight is 204 g/mol. The molecule has 4 nitrogen and oxygen atoms in total. The van der Waals surface area contributed by atoms with Crippen LogP contribution in [0.25, 0.3) is 0 Å². The van der Waals surface area contributed by atoms with Crippen LogP contribution in [0, 0.1) is 0 Å². The van der Waals surface area contributed by atoms with E-state index in [0.717, 1.165) is 25.7 Å². The molecule has 0 aromatic heterocycles. The number of hydrogen-bond acceptors (Lipinski definition) is 4. The molecular weight excluding hydrogens is 180 g/mol. The predicted molar refractivity (Wildman–Crippen MR) is 61.3 cm³/mol. The Morgan fingerprint density at radius 3 is 1.62 bits per heavy atom. The highest BCUT2D eigenvalue weighted by molar-refractivity contribution is 6.31. The van der Waals surface area contributed by atoms with E-state index in [-0.39, 0.29) is 5.79 Å². The fourth-order valence-electron chi connectivity index (χ4n) is 1.57. The van der Waals surface area contributed by atoms with Crippen molar-refractivity contribution in [2.75, 3.05) is 19.6 Å². The van der Waals surface area contributed by atoms with Crippen LogP contribution >= 0.6 is 0 Å². The third-order valence-corrected chi connectivity index (χ3v) is 2.99. The van der Waals surface area contributed by atoms with Crippen molar-refractivity contribution in [2.45, 2.75) is 32.6 Å². The fraction of sp³-hybridized carbons (Fsp3) is 1.00. The summed E-state index contributed by atoms with van der Waals surface area (Å²) in [6.07, 6.45) is 0. The predicted octanol–water partition coefficient (Wildman–Crippen LogP) is -1.07. The lowest BCUT2D eigenvalue weighted by atomic mass is 10.3. The summed E-state index contributed by atoms with van der Waals surface area (Å²) in [5, 5.41) is 16.0. The molecule has 80 valence electrons. The van der Waals surface area contributed by atoms with E-state index in [2.05, 4.69) is 36.7 Å². The lowest BCUT2D eigenvalue weighted by molar-refractivity contribution is 0.234. The summed E-state index contributed by atoms with van der Waals surface area (Å²) in [7, 11) is -0.439. The molecule has 0 heterocycles. The average Bonchev–Trinajstić information content (AvgIpc) is 2.06. The van der Waals surface area contributed by atoms with E-state index in [0.29, 0.717) is 0 Å². The first-order valence-corrected chi connectivity index (χ1v) is 7.01. The van der Waals surface area contributed by atoms with Crippen LogP contribution < -0.4 is 21.3 Å². The van der Waals surface area contributed by atoms with Gasteiger partial charge in [0.1, 0.15) is 5.79 Å². The van der Waals surface area contributed by atoms with Gasteiger partial charge >= 0.3 is 0 Å². The van der Waals surface area contributed by atoms with Crippen molar-refractivity contribution in [1.29, 1.82) is 0 Å². The smallest absolute Gasteiger partial charge is 0.121 e. The lowest BCUT2D eigenvalue weighted by Crippen LogP contribution is -2.67. The minimum atomic E-state index is -0.439. The number of nitrogens with two attached hydrogens (primary N) is 1. The highest BCUT2D eigenvalue weighted by Crippen LogP contribution is 2.00. The zero-order chi connectivity index (χ0) is 10.2. The molecule has 0 bridgehead atoms. The van der Waals surface area contributed by atoms with Crippen LogP contribution in [0.1, 0.15) is 20.8 Å². The Balaban J connectivity index is 4.19. The Morgan fingerprint density at radius 2 is 1.38 bits per heavy atom. The van der Waals surface area contributed by atoms with Crippen molar-refractivity contribution in [3.8, 4) is 0 Å². The molecule has 0 amide bonds. The van der Waals surface area contributed by atoms with E-state index in [4.69, 9.17) is 5.40 Å². The number of nitrogens with one attached hydrogen (secondary N) is 3. The SMILES string of the molecule is CCNC(C[SiH2]N)(NCC)NCC. The van der Waals surface area contributed by atoms with Gasteiger partial charge in [-0.25, -0.2) is 0 Å². The lowest BCUT2D eigenvalue weighted by Gasteiger charge is -2.36. The first-order chi connectivity index (χ1) is 6.24. The van der Waals surface area contributed by atoms with Gasteiger partial charge in [-0.1, -0.05) is 20.8 Å². The molecule has 0 rings (SSSR count). The van der Waals surface area contributed by atoms with E-state index >= 15 is 0 Å². The van der Waals surface area contributed by atoms with Gasteiger partial charge in [-0.3, -0.25) is 16.0 Å². The van der Waals surface area contributed by atoms with Crippen LogP contribution in [-0.4, -0.2) is 35.1 Å². The van der Waals surface area contributed by atoms with Gasteiger partial charge in [0.15, 0.2) is 0 Å². The molecule has 0 unspecified atom stereocenters. The van der Waals surface area contributed by atoms with Crippen LogP contribution in [0.15, 0.2) is 0 Å². The summed E-state index contributed by atoms with van der Waals surface area (Å²) in [6, 6.07) is 1.03. The molecule has 0 spiro atoms. The number of hydrogen-bond donors (Lipinski definition) is 4. The zero-order valence-electron chi connectivity index (χ0n) is 9.11. The molecule has 0 radical (unpaired) electrons. The highest BCUT2D eigenvalue weighted by atomic mass is 28.2. The van der Waals surface area contributed by atoms with Crippen LogP contribution in [0.4, 0.5) is 0 Å². The van der Waals surface area contributed by atoms with E-state index in [1.54, 1.807) is 0 Å². The molecule has 5 N–H and O–H groups in total. The molecule has 13 heavy (non-hydrogen) atoms. The van der Waals surface area contributed by atoms with Gasteiger partial charge in [0.05, 0.1) is 9.68 Å².